The van der Waals surface area contributed by atoms with Crippen molar-refractivity contribution in [3.05, 3.63) is 89.0 Å². The average molecular weight is 414 g/mol. The van der Waals surface area contributed by atoms with Gasteiger partial charge in [0.1, 0.15) is 5.82 Å². The maximum atomic E-state index is 14.0. The number of nitrogens with one attached hydrogen (secondary N) is 1. The number of halogens is 2. The highest BCUT2D eigenvalue weighted by Gasteiger charge is 2.21. The number of carbonyl (C=O) groups excluding carboxylic acids is 1. The molecule has 0 saturated heterocycles. The van der Waals surface area contributed by atoms with Crippen molar-refractivity contribution in [1.82, 2.24) is 9.47 Å². The van der Waals surface area contributed by atoms with Crippen LogP contribution >= 0.6 is 11.6 Å². The molecule has 1 atom stereocenters. The van der Waals surface area contributed by atoms with Gasteiger partial charge in [-0.15, -0.1) is 0 Å². The summed E-state index contributed by atoms with van der Waals surface area (Å²) in [5.41, 5.74) is 2.26. The van der Waals surface area contributed by atoms with Gasteiger partial charge in [0.15, 0.2) is 0 Å². The fourth-order valence-corrected chi connectivity index (χ4v) is 3.36. The largest absolute Gasteiger partial charge is 0.345 e. The Morgan fingerprint density at radius 3 is 2.69 bits per heavy atom. The molecular formula is C23H25ClFN3O. The Kier molecular flexibility index (Phi) is 6.94. The van der Waals surface area contributed by atoms with Gasteiger partial charge in [-0.1, -0.05) is 42.8 Å². The number of urea groups is 1. The van der Waals surface area contributed by atoms with Crippen LogP contribution in [-0.2, 0) is 13.1 Å². The highest BCUT2D eigenvalue weighted by Crippen LogP contribution is 2.19. The van der Waals surface area contributed by atoms with Gasteiger partial charge in [-0.2, -0.15) is 0 Å². The van der Waals surface area contributed by atoms with E-state index in [1.165, 1.54) is 6.07 Å². The Bertz CT molecular complexity index is 972. The van der Waals surface area contributed by atoms with Crippen LogP contribution in [0, 0.1) is 5.82 Å². The van der Waals surface area contributed by atoms with E-state index in [-0.39, 0.29) is 17.8 Å². The summed E-state index contributed by atoms with van der Waals surface area (Å²) >= 11 is 6.10. The summed E-state index contributed by atoms with van der Waals surface area (Å²) in [6.07, 6.45) is 2.78. The molecule has 3 rings (SSSR count). The number of rotatable bonds is 7. The second kappa shape index (κ2) is 9.61. The van der Waals surface area contributed by atoms with E-state index >= 15 is 0 Å². The van der Waals surface area contributed by atoms with Gasteiger partial charge in [0.25, 0.3) is 0 Å². The predicted molar refractivity (Wildman–Crippen MR) is 116 cm³/mol. The van der Waals surface area contributed by atoms with Gasteiger partial charge in [0.2, 0.25) is 0 Å². The van der Waals surface area contributed by atoms with Crippen molar-refractivity contribution in [3.63, 3.8) is 0 Å². The minimum atomic E-state index is -0.450. The first-order valence-corrected chi connectivity index (χ1v) is 10.1. The first kappa shape index (κ1) is 20.9. The van der Waals surface area contributed by atoms with Gasteiger partial charge in [-0.25, -0.2) is 9.18 Å². The van der Waals surface area contributed by atoms with E-state index in [4.69, 9.17) is 11.6 Å². The molecule has 0 aliphatic rings. The van der Waals surface area contributed by atoms with Gasteiger partial charge < -0.3 is 14.8 Å². The average Bonchev–Trinajstić information content (AvgIpc) is 3.14. The fourth-order valence-electron chi connectivity index (χ4n) is 3.15. The third-order valence-corrected chi connectivity index (χ3v) is 5.23. The number of hydrogen-bond donors (Lipinski definition) is 1. The lowest BCUT2D eigenvalue weighted by Gasteiger charge is -2.29. The molecule has 0 unspecified atom stereocenters. The molecule has 0 radical (unpaired) electrons. The fraction of sp³-hybridized carbons (Fsp3) is 0.261. The summed E-state index contributed by atoms with van der Waals surface area (Å²) in [4.78, 5) is 14.7. The first-order chi connectivity index (χ1) is 14.0. The zero-order valence-corrected chi connectivity index (χ0v) is 17.4. The third kappa shape index (κ3) is 5.39. The van der Waals surface area contributed by atoms with Crippen LogP contribution in [0.15, 0.2) is 66.9 Å². The number of anilines is 1. The van der Waals surface area contributed by atoms with Crippen LogP contribution in [0.2, 0.25) is 5.02 Å². The molecule has 0 fully saturated rings. The number of nitrogens with zero attached hydrogens (tertiary/aromatic N) is 2. The zero-order chi connectivity index (χ0) is 20.8. The molecule has 2 amide bonds. The van der Waals surface area contributed by atoms with E-state index < -0.39 is 5.82 Å². The third-order valence-electron chi connectivity index (χ3n) is 5.00. The van der Waals surface area contributed by atoms with Gasteiger partial charge >= 0.3 is 6.03 Å². The standard InChI is InChI=1S/C23H25ClFN3O/c1-3-17(2)28(23(29)26-22-12-5-4-11-21(22)25)16-20-10-7-13-27(20)15-18-8-6-9-19(24)14-18/h4-14,17H,3,15-16H2,1-2H3,(H,26,29)/t17-/m0/s1. The quantitative estimate of drug-likeness (QED) is 0.494. The number of aromatic nitrogens is 1. The molecule has 0 bridgehead atoms. The Hall–Kier alpha value is -2.79. The second-order valence-electron chi connectivity index (χ2n) is 7.05. The van der Waals surface area contributed by atoms with Crippen molar-refractivity contribution in [1.29, 1.82) is 0 Å². The SMILES string of the molecule is CC[C@H](C)N(Cc1cccn1Cc1cccc(Cl)c1)C(=O)Nc1ccccc1F. The van der Waals surface area contributed by atoms with Crippen LogP contribution in [-0.4, -0.2) is 21.5 Å². The van der Waals surface area contributed by atoms with E-state index in [9.17, 15) is 9.18 Å². The predicted octanol–water partition coefficient (Wildman–Crippen LogP) is 6.16. The van der Waals surface area contributed by atoms with E-state index in [2.05, 4.69) is 9.88 Å². The van der Waals surface area contributed by atoms with Gasteiger partial charge in [0.05, 0.1) is 12.2 Å². The summed E-state index contributed by atoms with van der Waals surface area (Å²) in [5.74, 6) is -0.450. The van der Waals surface area contributed by atoms with Crippen LogP contribution in [0.5, 0.6) is 0 Å². The molecule has 0 aliphatic carbocycles. The van der Waals surface area contributed by atoms with E-state index in [1.54, 1.807) is 23.1 Å². The maximum Gasteiger partial charge on any atom is 0.322 e. The molecule has 1 N–H and O–H groups in total. The molecule has 152 valence electrons. The van der Waals surface area contributed by atoms with Crippen LogP contribution in [0.4, 0.5) is 14.9 Å². The Morgan fingerprint density at radius 2 is 1.97 bits per heavy atom. The highest BCUT2D eigenvalue weighted by molar-refractivity contribution is 6.30. The van der Waals surface area contributed by atoms with Crippen LogP contribution in [0.3, 0.4) is 0 Å². The van der Waals surface area contributed by atoms with E-state index in [0.29, 0.717) is 18.1 Å². The van der Waals surface area contributed by atoms with Crippen molar-refractivity contribution >= 4 is 23.3 Å². The molecule has 0 spiro atoms. The molecular weight excluding hydrogens is 389 g/mol. The number of benzene rings is 2. The molecule has 2 aromatic carbocycles. The molecule has 0 saturated carbocycles. The Morgan fingerprint density at radius 1 is 1.17 bits per heavy atom. The number of para-hydroxylation sites is 1. The lowest BCUT2D eigenvalue weighted by molar-refractivity contribution is 0.185. The Labute approximate surface area is 175 Å². The minimum Gasteiger partial charge on any atom is -0.345 e. The summed E-state index contributed by atoms with van der Waals surface area (Å²) in [6, 6.07) is 17.5. The summed E-state index contributed by atoms with van der Waals surface area (Å²) in [6.45, 7) is 5.10. The highest BCUT2D eigenvalue weighted by atomic mass is 35.5. The lowest BCUT2D eigenvalue weighted by Crippen LogP contribution is -2.41. The topological polar surface area (TPSA) is 37.3 Å². The van der Waals surface area contributed by atoms with Crippen molar-refractivity contribution in [2.24, 2.45) is 0 Å². The smallest absolute Gasteiger partial charge is 0.322 e. The van der Waals surface area contributed by atoms with Crippen molar-refractivity contribution in [2.75, 3.05) is 5.32 Å². The van der Waals surface area contributed by atoms with Gasteiger partial charge in [-0.3, -0.25) is 0 Å². The van der Waals surface area contributed by atoms with Gasteiger partial charge in [-0.05, 0) is 55.3 Å². The molecule has 29 heavy (non-hydrogen) atoms. The van der Waals surface area contributed by atoms with Crippen molar-refractivity contribution in [3.8, 4) is 0 Å². The van der Waals surface area contributed by atoms with Crippen LogP contribution < -0.4 is 5.32 Å². The summed E-state index contributed by atoms with van der Waals surface area (Å²) < 4.78 is 16.1. The van der Waals surface area contributed by atoms with Crippen LogP contribution in [0.1, 0.15) is 31.5 Å². The Balaban J connectivity index is 1.78. The van der Waals surface area contributed by atoms with Crippen molar-refractivity contribution < 1.29 is 9.18 Å². The monoisotopic (exact) mass is 413 g/mol. The molecule has 0 aliphatic heterocycles. The number of amides is 2. The number of hydrogen-bond acceptors (Lipinski definition) is 1. The molecule has 1 aromatic heterocycles. The van der Waals surface area contributed by atoms with E-state index in [0.717, 1.165) is 17.7 Å². The zero-order valence-electron chi connectivity index (χ0n) is 16.6. The second-order valence-corrected chi connectivity index (χ2v) is 7.49. The molecule has 3 aromatic rings. The summed E-state index contributed by atoms with van der Waals surface area (Å²) in [5, 5.41) is 3.40. The lowest BCUT2D eigenvalue weighted by atomic mass is 10.2. The van der Waals surface area contributed by atoms with Crippen LogP contribution in [0.25, 0.3) is 0 Å². The van der Waals surface area contributed by atoms with Gasteiger partial charge in [0, 0.05) is 29.5 Å². The van der Waals surface area contributed by atoms with E-state index in [1.807, 2.05) is 56.4 Å². The van der Waals surface area contributed by atoms with Crippen molar-refractivity contribution in [2.45, 2.75) is 39.4 Å². The first-order valence-electron chi connectivity index (χ1n) is 9.68. The molecule has 4 nitrogen and oxygen atoms in total. The molecule has 1 heterocycles. The number of carbonyl (C=O) groups is 1. The minimum absolute atomic E-state index is 0.00343. The summed E-state index contributed by atoms with van der Waals surface area (Å²) in [7, 11) is 0. The normalized spacial score (nSPS) is 11.9. The maximum absolute atomic E-state index is 14.0. The molecule has 6 heteroatoms.